The third kappa shape index (κ3) is 4.26. The minimum Gasteiger partial charge on any atom is -0.506 e. The smallest absolute Gasteiger partial charge is 0.139 e. The first kappa shape index (κ1) is 24.9. The molecule has 0 radical (unpaired) electrons. The van der Waals surface area contributed by atoms with Gasteiger partial charge in [0, 0.05) is 49.1 Å². The van der Waals surface area contributed by atoms with Crippen molar-refractivity contribution in [2.24, 2.45) is 0 Å². The number of hydrogen-bond donors (Lipinski definition) is 1. The maximum absolute atomic E-state index is 10.7. The van der Waals surface area contributed by atoms with Gasteiger partial charge in [0.25, 0.3) is 0 Å². The molecule has 0 atom stereocenters. The number of hydrogen-bond acceptors (Lipinski definition) is 3. The summed E-state index contributed by atoms with van der Waals surface area (Å²) in [5.74, 6) is 0.216. The SMILES string of the molecule is Cc1ccnc(C(C)(C)c2[c-]c(-c3ccc4c5ccccc5n(-c5ccccc5O)c4n3)ccc2)c1.[Pt]. The summed E-state index contributed by atoms with van der Waals surface area (Å²) in [4.78, 5) is 9.76. The first-order valence-corrected chi connectivity index (χ1v) is 12.1. The van der Waals surface area contributed by atoms with Gasteiger partial charge in [0.05, 0.1) is 11.2 Å². The monoisotopic (exact) mass is 663 g/mol. The van der Waals surface area contributed by atoms with E-state index < -0.39 is 0 Å². The van der Waals surface area contributed by atoms with Gasteiger partial charge in [-0.15, -0.1) is 35.4 Å². The first-order chi connectivity index (χ1) is 17.4. The number of phenolic OH excluding ortho intramolecular Hbond substituents is 1. The van der Waals surface area contributed by atoms with Crippen molar-refractivity contribution in [1.29, 1.82) is 0 Å². The summed E-state index contributed by atoms with van der Waals surface area (Å²) in [6, 6.07) is 33.7. The minimum absolute atomic E-state index is 0. The van der Waals surface area contributed by atoms with Crippen LogP contribution in [0.3, 0.4) is 0 Å². The Balaban J connectivity index is 0.00000280. The van der Waals surface area contributed by atoms with Crippen LogP contribution in [0.25, 0.3) is 38.9 Å². The molecule has 0 aliphatic heterocycles. The van der Waals surface area contributed by atoms with Crippen molar-refractivity contribution >= 4 is 21.9 Å². The van der Waals surface area contributed by atoms with Gasteiger partial charge in [-0.1, -0.05) is 56.3 Å². The van der Waals surface area contributed by atoms with Crippen LogP contribution in [0.15, 0.2) is 97.2 Å². The van der Waals surface area contributed by atoms with Crippen LogP contribution in [-0.4, -0.2) is 19.6 Å². The zero-order valence-electron chi connectivity index (χ0n) is 20.8. The zero-order chi connectivity index (χ0) is 24.9. The fourth-order valence-electron chi connectivity index (χ4n) is 4.89. The van der Waals surface area contributed by atoms with Crippen molar-refractivity contribution in [1.82, 2.24) is 14.5 Å². The van der Waals surface area contributed by atoms with Crippen LogP contribution in [0.5, 0.6) is 5.75 Å². The summed E-state index contributed by atoms with van der Waals surface area (Å²) in [6.07, 6.45) is 1.86. The Kier molecular flexibility index (Phi) is 6.47. The molecule has 0 aliphatic rings. The van der Waals surface area contributed by atoms with Crippen LogP contribution in [-0.2, 0) is 26.5 Å². The van der Waals surface area contributed by atoms with E-state index in [-0.39, 0.29) is 32.2 Å². The van der Waals surface area contributed by atoms with Crippen LogP contribution in [0, 0.1) is 13.0 Å². The van der Waals surface area contributed by atoms with Gasteiger partial charge in [0.15, 0.2) is 0 Å². The number of phenols is 1. The first-order valence-electron chi connectivity index (χ1n) is 12.1. The summed E-state index contributed by atoms with van der Waals surface area (Å²) in [7, 11) is 0. The molecule has 0 unspecified atom stereocenters. The third-order valence-corrected chi connectivity index (χ3v) is 6.94. The molecule has 0 saturated heterocycles. The predicted octanol–water partition coefficient (Wildman–Crippen LogP) is 7.38. The van der Waals surface area contributed by atoms with E-state index in [9.17, 15) is 5.11 Å². The van der Waals surface area contributed by atoms with Crippen molar-refractivity contribution in [2.75, 3.05) is 0 Å². The number of benzene rings is 3. The van der Waals surface area contributed by atoms with E-state index in [4.69, 9.17) is 4.98 Å². The summed E-state index contributed by atoms with van der Waals surface area (Å²) in [5.41, 5.74) is 7.21. The topological polar surface area (TPSA) is 50.9 Å². The third-order valence-electron chi connectivity index (χ3n) is 6.94. The normalized spacial score (nSPS) is 11.5. The van der Waals surface area contributed by atoms with Crippen LogP contribution in [0.4, 0.5) is 0 Å². The van der Waals surface area contributed by atoms with E-state index in [1.54, 1.807) is 6.07 Å². The molecular formula is C32H26N3OPt-. The Hall–Kier alpha value is -3.75. The van der Waals surface area contributed by atoms with Gasteiger partial charge in [-0.3, -0.25) is 14.5 Å². The van der Waals surface area contributed by atoms with Crippen LogP contribution in [0.2, 0.25) is 0 Å². The van der Waals surface area contributed by atoms with Gasteiger partial charge in [0.2, 0.25) is 0 Å². The molecule has 0 bridgehead atoms. The number of aromatic hydroxyl groups is 1. The van der Waals surface area contributed by atoms with Gasteiger partial charge in [-0.2, -0.15) is 0 Å². The summed E-state index contributed by atoms with van der Waals surface area (Å²) in [6.45, 7) is 6.44. The van der Waals surface area contributed by atoms with Crippen molar-refractivity contribution in [2.45, 2.75) is 26.2 Å². The van der Waals surface area contributed by atoms with E-state index in [1.807, 2.05) is 53.2 Å². The molecule has 0 spiro atoms. The second-order valence-electron chi connectivity index (χ2n) is 9.73. The molecule has 5 heteroatoms. The molecule has 3 aromatic carbocycles. The number of rotatable bonds is 4. The Morgan fingerprint density at radius 3 is 2.43 bits per heavy atom. The molecule has 0 amide bonds. The molecule has 1 N–H and O–H groups in total. The molecule has 3 heterocycles. The van der Waals surface area contributed by atoms with Gasteiger partial charge < -0.3 is 5.11 Å². The van der Waals surface area contributed by atoms with Crippen molar-refractivity contribution in [3.05, 3.63) is 120 Å². The largest absolute Gasteiger partial charge is 0.506 e. The summed E-state index contributed by atoms with van der Waals surface area (Å²) in [5, 5.41) is 12.8. The van der Waals surface area contributed by atoms with Crippen molar-refractivity contribution in [3.63, 3.8) is 0 Å². The molecule has 6 aromatic rings. The van der Waals surface area contributed by atoms with Gasteiger partial charge in [-0.05, 0) is 48.5 Å². The van der Waals surface area contributed by atoms with Gasteiger partial charge in [0.1, 0.15) is 11.4 Å². The number of aromatic nitrogens is 3. The Bertz CT molecular complexity index is 1750. The molecule has 3 aromatic heterocycles. The van der Waals surface area contributed by atoms with E-state index in [0.717, 1.165) is 44.5 Å². The number of nitrogens with zero attached hydrogens (tertiary/aromatic N) is 3. The Labute approximate surface area is 230 Å². The van der Waals surface area contributed by atoms with Crippen LogP contribution in [0.1, 0.15) is 30.7 Å². The Morgan fingerprint density at radius 1 is 0.838 bits per heavy atom. The van der Waals surface area contributed by atoms with Gasteiger partial charge in [-0.25, -0.2) is 0 Å². The maximum Gasteiger partial charge on any atom is 0.139 e. The standard InChI is InChI=1S/C32H26N3O.Pt/c1-21-17-18-33-30(19-21)32(2,3)23-10-8-9-22(20-23)26-16-15-25-24-11-4-5-12-27(24)35(31(25)34-26)28-13-6-7-14-29(28)36;/h4-19,36H,1-3H3;/q-1;. The van der Waals surface area contributed by atoms with Crippen LogP contribution < -0.4 is 0 Å². The van der Waals surface area contributed by atoms with E-state index in [1.165, 1.54) is 5.56 Å². The molecule has 186 valence electrons. The van der Waals surface area contributed by atoms with E-state index in [0.29, 0.717) is 5.69 Å². The number of aryl methyl sites for hydroxylation is 1. The van der Waals surface area contributed by atoms with Crippen molar-refractivity contribution < 1.29 is 26.2 Å². The fourth-order valence-corrected chi connectivity index (χ4v) is 4.89. The van der Waals surface area contributed by atoms with Crippen LogP contribution >= 0.6 is 0 Å². The molecule has 37 heavy (non-hydrogen) atoms. The average molecular weight is 664 g/mol. The van der Waals surface area contributed by atoms with Crippen molar-refractivity contribution in [3.8, 4) is 22.7 Å². The minimum atomic E-state index is -0.309. The number of fused-ring (bicyclic) bond motifs is 3. The fraction of sp³-hybridized carbons (Fsp3) is 0.125. The molecule has 4 nitrogen and oxygen atoms in total. The molecule has 0 fully saturated rings. The number of para-hydroxylation sites is 3. The second kappa shape index (κ2) is 9.61. The summed E-state index contributed by atoms with van der Waals surface area (Å²) >= 11 is 0. The van der Waals surface area contributed by atoms with E-state index in [2.05, 4.69) is 74.3 Å². The quantitative estimate of drug-likeness (QED) is 0.201. The molecule has 0 aliphatic carbocycles. The maximum atomic E-state index is 10.7. The van der Waals surface area contributed by atoms with Gasteiger partial charge >= 0.3 is 0 Å². The second-order valence-corrected chi connectivity index (χ2v) is 9.73. The predicted molar refractivity (Wildman–Crippen MR) is 146 cm³/mol. The Morgan fingerprint density at radius 2 is 1.62 bits per heavy atom. The van der Waals surface area contributed by atoms with E-state index >= 15 is 0 Å². The molecule has 6 rings (SSSR count). The average Bonchev–Trinajstić information content (AvgIpc) is 3.22. The number of pyridine rings is 2. The summed E-state index contributed by atoms with van der Waals surface area (Å²) < 4.78 is 2.04. The molecule has 0 saturated carbocycles. The molecular weight excluding hydrogens is 637 g/mol. The zero-order valence-corrected chi connectivity index (χ0v) is 23.1.